The van der Waals surface area contributed by atoms with Crippen molar-refractivity contribution in [3.63, 3.8) is 0 Å². The van der Waals surface area contributed by atoms with Gasteiger partial charge in [-0.15, -0.1) is 10.2 Å². The molecule has 0 fully saturated rings. The van der Waals surface area contributed by atoms with Crippen molar-refractivity contribution in [1.82, 2.24) is 15.5 Å². The van der Waals surface area contributed by atoms with Crippen LogP contribution in [0.3, 0.4) is 0 Å². The minimum atomic E-state index is 0.220. The van der Waals surface area contributed by atoms with E-state index in [1.807, 2.05) is 12.1 Å². The van der Waals surface area contributed by atoms with Crippen LogP contribution in [0.1, 0.15) is 43.7 Å². The van der Waals surface area contributed by atoms with Gasteiger partial charge >= 0.3 is 0 Å². The number of nitrogens with zero attached hydrogens (tertiary/aromatic N) is 2. The van der Waals surface area contributed by atoms with Crippen LogP contribution in [0.4, 0.5) is 0 Å². The minimum Gasteiger partial charge on any atom is -0.483 e. The molecule has 6 heteroatoms. The summed E-state index contributed by atoms with van der Waals surface area (Å²) < 4.78 is 12.2. The Hall–Kier alpha value is -1.40. The number of benzene rings is 1. The van der Waals surface area contributed by atoms with Gasteiger partial charge in [-0.1, -0.05) is 28.9 Å². The summed E-state index contributed by atoms with van der Waals surface area (Å²) in [5.74, 6) is 1.84. The van der Waals surface area contributed by atoms with Gasteiger partial charge in [-0.05, 0) is 32.0 Å². The monoisotopic (exact) mass is 353 g/mol. The van der Waals surface area contributed by atoms with Crippen molar-refractivity contribution in [2.75, 3.05) is 6.54 Å². The average molecular weight is 354 g/mol. The van der Waals surface area contributed by atoms with E-state index in [0.717, 1.165) is 28.8 Å². The highest BCUT2D eigenvalue weighted by molar-refractivity contribution is 9.10. The quantitative estimate of drug-likeness (QED) is 0.820. The van der Waals surface area contributed by atoms with E-state index in [0.29, 0.717) is 11.8 Å². The first-order valence-electron chi connectivity index (χ1n) is 7.04. The molecule has 0 amide bonds. The molecule has 0 saturated heterocycles. The second-order valence-corrected chi connectivity index (χ2v) is 5.78. The second kappa shape index (κ2) is 7.56. The predicted molar refractivity (Wildman–Crippen MR) is 84.2 cm³/mol. The Balaban J connectivity index is 2.10. The van der Waals surface area contributed by atoms with Crippen LogP contribution in [0.5, 0.6) is 5.75 Å². The molecule has 2 rings (SSSR count). The third kappa shape index (κ3) is 4.54. The summed E-state index contributed by atoms with van der Waals surface area (Å²) in [6.45, 7) is 7.28. The lowest BCUT2D eigenvalue weighted by Crippen LogP contribution is -2.20. The Labute approximate surface area is 133 Å². The Morgan fingerprint density at radius 2 is 2.19 bits per heavy atom. The minimum absolute atomic E-state index is 0.220. The summed E-state index contributed by atoms with van der Waals surface area (Å²) in [6.07, 6.45) is 1.10. The number of ether oxygens (including phenoxy) is 1. The fourth-order valence-corrected chi connectivity index (χ4v) is 2.34. The number of halogens is 1. The van der Waals surface area contributed by atoms with Crippen molar-refractivity contribution in [3.8, 4) is 5.75 Å². The lowest BCUT2D eigenvalue weighted by atomic mass is 10.1. The van der Waals surface area contributed by atoms with Crippen molar-refractivity contribution in [2.24, 2.45) is 0 Å². The number of rotatable bonds is 7. The average Bonchev–Trinajstić information content (AvgIpc) is 2.88. The molecule has 114 valence electrons. The molecule has 21 heavy (non-hydrogen) atoms. The molecule has 1 aromatic heterocycles. The molecule has 0 radical (unpaired) electrons. The number of hydrogen-bond acceptors (Lipinski definition) is 5. The van der Waals surface area contributed by atoms with E-state index in [1.54, 1.807) is 6.92 Å². The molecule has 1 atom stereocenters. The van der Waals surface area contributed by atoms with E-state index >= 15 is 0 Å². The van der Waals surface area contributed by atoms with Crippen molar-refractivity contribution >= 4 is 15.9 Å². The maximum absolute atomic E-state index is 5.85. The predicted octanol–water partition coefficient (Wildman–Crippen LogP) is 3.78. The Bertz CT molecular complexity index is 586. The molecule has 1 heterocycles. The molecule has 0 saturated carbocycles. The van der Waals surface area contributed by atoms with Crippen molar-refractivity contribution in [1.29, 1.82) is 0 Å². The molecule has 0 aliphatic heterocycles. The highest BCUT2D eigenvalue weighted by Gasteiger charge is 2.13. The fraction of sp³-hybridized carbons (Fsp3) is 0.467. The van der Waals surface area contributed by atoms with Gasteiger partial charge in [0.2, 0.25) is 5.89 Å². The molecule has 1 N–H and O–H groups in total. The normalized spacial score (nSPS) is 12.4. The summed E-state index contributed by atoms with van der Waals surface area (Å²) in [5.41, 5.74) is 1.11. The molecule has 5 nitrogen and oxygen atoms in total. The van der Waals surface area contributed by atoms with Crippen LogP contribution >= 0.6 is 15.9 Å². The van der Waals surface area contributed by atoms with Gasteiger partial charge in [-0.3, -0.25) is 0 Å². The third-order valence-corrected chi connectivity index (χ3v) is 3.55. The van der Waals surface area contributed by atoms with E-state index in [9.17, 15) is 0 Å². The van der Waals surface area contributed by atoms with Gasteiger partial charge < -0.3 is 14.5 Å². The van der Waals surface area contributed by atoms with Crippen LogP contribution in [0, 0.1) is 6.92 Å². The van der Waals surface area contributed by atoms with Crippen LogP contribution in [0.15, 0.2) is 27.1 Å². The maximum Gasteiger partial charge on any atom is 0.253 e. The first kappa shape index (κ1) is 16.0. The second-order valence-electron chi connectivity index (χ2n) is 4.86. The topological polar surface area (TPSA) is 60.2 Å². The Morgan fingerprint density at radius 1 is 1.38 bits per heavy atom. The summed E-state index contributed by atoms with van der Waals surface area (Å²) in [7, 11) is 0. The first-order chi connectivity index (χ1) is 10.1. The zero-order valence-electron chi connectivity index (χ0n) is 12.5. The number of nitrogens with one attached hydrogen (secondary N) is 1. The Kier molecular flexibility index (Phi) is 5.76. The van der Waals surface area contributed by atoms with Gasteiger partial charge in [0.15, 0.2) is 6.61 Å². The standard InChI is InChI=1S/C15H20BrN3O2/c1-4-7-17-10(2)13-6-5-12(16)8-14(13)20-9-15-19-18-11(3)21-15/h5-6,8,10,17H,4,7,9H2,1-3H3. The van der Waals surface area contributed by atoms with Crippen LogP contribution in [0.25, 0.3) is 0 Å². The van der Waals surface area contributed by atoms with Gasteiger partial charge in [0, 0.05) is 23.0 Å². The molecule has 0 aliphatic rings. The van der Waals surface area contributed by atoms with E-state index in [4.69, 9.17) is 9.15 Å². The molecule has 1 aromatic carbocycles. The summed E-state index contributed by atoms with van der Waals surface area (Å²) in [5, 5.41) is 11.2. The lowest BCUT2D eigenvalue weighted by Gasteiger charge is -2.18. The van der Waals surface area contributed by atoms with E-state index in [2.05, 4.69) is 51.4 Å². The van der Waals surface area contributed by atoms with Gasteiger partial charge in [0.25, 0.3) is 5.89 Å². The summed E-state index contributed by atoms with van der Waals surface area (Å²) >= 11 is 3.48. The van der Waals surface area contributed by atoms with Crippen molar-refractivity contribution in [2.45, 2.75) is 39.8 Å². The third-order valence-electron chi connectivity index (χ3n) is 3.06. The van der Waals surface area contributed by atoms with Crippen LogP contribution in [-0.2, 0) is 6.61 Å². The van der Waals surface area contributed by atoms with Crippen molar-refractivity contribution < 1.29 is 9.15 Å². The summed E-state index contributed by atoms with van der Waals surface area (Å²) in [4.78, 5) is 0. The van der Waals surface area contributed by atoms with Gasteiger partial charge in [-0.2, -0.15) is 0 Å². The van der Waals surface area contributed by atoms with Gasteiger partial charge in [0.1, 0.15) is 5.75 Å². The lowest BCUT2D eigenvalue weighted by molar-refractivity contribution is 0.256. The maximum atomic E-state index is 5.85. The molecule has 0 spiro atoms. The first-order valence-corrected chi connectivity index (χ1v) is 7.84. The van der Waals surface area contributed by atoms with Gasteiger partial charge in [-0.25, -0.2) is 0 Å². The molecule has 0 bridgehead atoms. The number of hydrogen-bond donors (Lipinski definition) is 1. The number of aromatic nitrogens is 2. The largest absolute Gasteiger partial charge is 0.483 e. The molecular weight excluding hydrogens is 334 g/mol. The van der Waals surface area contributed by atoms with E-state index < -0.39 is 0 Å². The number of aryl methyl sites for hydroxylation is 1. The van der Waals surface area contributed by atoms with Gasteiger partial charge in [0.05, 0.1) is 0 Å². The highest BCUT2D eigenvalue weighted by atomic mass is 79.9. The van der Waals surface area contributed by atoms with Crippen LogP contribution in [-0.4, -0.2) is 16.7 Å². The molecule has 1 unspecified atom stereocenters. The highest BCUT2D eigenvalue weighted by Crippen LogP contribution is 2.29. The van der Waals surface area contributed by atoms with E-state index in [1.165, 1.54) is 0 Å². The smallest absolute Gasteiger partial charge is 0.253 e. The zero-order valence-corrected chi connectivity index (χ0v) is 14.1. The molecular formula is C15H20BrN3O2. The fourth-order valence-electron chi connectivity index (χ4n) is 2.00. The zero-order chi connectivity index (χ0) is 15.2. The SMILES string of the molecule is CCCNC(C)c1ccc(Br)cc1OCc1nnc(C)o1. The molecule has 2 aromatic rings. The van der Waals surface area contributed by atoms with Crippen LogP contribution in [0.2, 0.25) is 0 Å². The van der Waals surface area contributed by atoms with Crippen molar-refractivity contribution in [3.05, 3.63) is 40.0 Å². The van der Waals surface area contributed by atoms with E-state index in [-0.39, 0.29) is 12.6 Å². The Morgan fingerprint density at radius 3 is 2.86 bits per heavy atom. The molecule has 0 aliphatic carbocycles. The van der Waals surface area contributed by atoms with Crippen LogP contribution < -0.4 is 10.1 Å². The summed E-state index contributed by atoms with van der Waals surface area (Å²) in [6, 6.07) is 6.26.